The Morgan fingerprint density at radius 2 is 2.20 bits per heavy atom. The van der Waals surface area contributed by atoms with Gasteiger partial charge in [0, 0.05) is 24.1 Å². The molecule has 0 aromatic heterocycles. The topological polar surface area (TPSA) is 89.7 Å². The van der Waals surface area contributed by atoms with Crippen LogP contribution in [0.15, 0.2) is 18.2 Å². The Morgan fingerprint density at radius 3 is 2.75 bits per heavy atom. The molecule has 0 radical (unpaired) electrons. The van der Waals surface area contributed by atoms with Gasteiger partial charge in [-0.15, -0.1) is 0 Å². The fourth-order valence-corrected chi connectivity index (χ4v) is 3.00. The summed E-state index contributed by atoms with van der Waals surface area (Å²) in [5, 5.41) is 4.69. The maximum absolute atomic E-state index is 12.0. The molecule has 1 saturated heterocycles. The van der Waals surface area contributed by atoms with Crippen molar-refractivity contribution >= 4 is 33.2 Å². The zero-order valence-electron chi connectivity index (χ0n) is 10.9. The number of carbonyl (C=O) groups is 1. The van der Waals surface area contributed by atoms with E-state index in [9.17, 15) is 13.2 Å². The van der Waals surface area contributed by atoms with E-state index < -0.39 is 15.3 Å². The molecular weight excluding hydrogens is 304 g/mol. The number of sulfonamides is 1. The number of primary sulfonamides is 1. The number of nitrogens with two attached hydrogens (primary N) is 1. The molecule has 1 aromatic rings. The van der Waals surface area contributed by atoms with E-state index in [1.807, 2.05) is 6.92 Å². The van der Waals surface area contributed by atoms with E-state index in [4.69, 9.17) is 21.5 Å². The van der Waals surface area contributed by atoms with Crippen molar-refractivity contribution in [3.05, 3.63) is 23.2 Å². The molecule has 1 aromatic carbocycles. The zero-order valence-corrected chi connectivity index (χ0v) is 12.4. The fraction of sp³-hybridized carbons (Fsp3) is 0.417. The van der Waals surface area contributed by atoms with Gasteiger partial charge < -0.3 is 9.64 Å². The molecule has 1 fully saturated rings. The molecule has 0 spiro atoms. The largest absolute Gasteiger partial charge is 0.492 e. The lowest BCUT2D eigenvalue weighted by Crippen LogP contribution is -2.32. The van der Waals surface area contributed by atoms with E-state index in [1.165, 1.54) is 4.90 Å². The Labute approximate surface area is 122 Å². The van der Waals surface area contributed by atoms with Crippen LogP contribution in [0.4, 0.5) is 5.69 Å². The van der Waals surface area contributed by atoms with Gasteiger partial charge in [0.2, 0.25) is 15.9 Å². The first-order valence-corrected chi connectivity index (χ1v) is 8.06. The first-order valence-electron chi connectivity index (χ1n) is 6.07. The minimum Gasteiger partial charge on any atom is -0.492 e. The highest BCUT2D eigenvalue weighted by Gasteiger charge is 2.38. The molecule has 2 rings (SSSR count). The second kappa shape index (κ2) is 5.59. The van der Waals surface area contributed by atoms with Crippen molar-refractivity contribution in [3.8, 4) is 5.75 Å². The molecule has 1 aliphatic heterocycles. The molecule has 0 bridgehead atoms. The van der Waals surface area contributed by atoms with Gasteiger partial charge in [-0.1, -0.05) is 11.6 Å². The number of hydrogen-bond donors (Lipinski definition) is 1. The van der Waals surface area contributed by atoms with Crippen molar-refractivity contribution < 1.29 is 17.9 Å². The number of nitrogens with zero attached hydrogens (tertiary/aromatic N) is 1. The minimum absolute atomic E-state index is 0.0272. The van der Waals surface area contributed by atoms with Gasteiger partial charge in [0.05, 0.1) is 12.3 Å². The molecule has 20 heavy (non-hydrogen) atoms. The van der Waals surface area contributed by atoms with E-state index >= 15 is 0 Å². The highest BCUT2D eigenvalue weighted by atomic mass is 35.5. The van der Waals surface area contributed by atoms with Gasteiger partial charge in [-0.3, -0.25) is 4.79 Å². The van der Waals surface area contributed by atoms with Crippen LogP contribution >= 0.6 is 11.6 Å². The van der Waals surface area contributed by atoms with Crippen molar-refractivity contribution in [1.29, 1.82) is 0 Å². The van der Waals surface area contributed by atoms with E-state index in [0.29, 0.717) is 23.1 Å². The molecule has 1 heterocycles. The molecule has 1 unspecified atom stereocenters. The van der Waals surface area contributed by atoms with Gasteiger partial charge >= 0.3 is 0 Å². The molecule has 1 amide bonds. The number of carbonyl (C=O) groups excluding carboxylic acids is 1. The summed E-state index contributed by atoms with van der Waals surface area (Å²) in [5.41, 5.74) is 0.507. The predicted molar refractivity (Wildman–Crippen MR) is 76.5 cm³/mol. The van der Waals surface area contributed by atoms with E-state index in [-0.39, 0.29) is 18.9 Å². The van der Waals surface area contributed by atoms with Crippen molar-refractivity contribution in [3.63, 3.8) is 0 Å². The zero-order chi connectivity index (χ0) is 14.9. The third kappa shape index (κ3) is 3.05. The van der Waals surface area contributed by atoms with Gasteiger partial charge in [0.15, 0.2) is 0 Å². The Bertz CT molecular complexity index is 632. The van der Waals surface area contributed by atoms with Gasteiger partial charge in [-0.05, 0) is 19.1 Å². The summed E-state index contributed by atoms with van der Waals surface area (Å²) < 4.78 is 28.2. The van der Waals surface area contributed by atoms with Gasteiger partial charge in [-0.25, -0.2) is 13.6 Å². The molecule has 1 aliphatic rings. The monoisotopic (exact) mass is 318 g/mol. The van der Waals surface area contributed by atoms with Crippen LogP contribution in [0.2, 0.25) is 5.02 Å². The average molecular weight is 319 g/mol. The SMILES string of the molecule is CCOc1cc(Cl)ccc1N1CC(S(N)(=O)=O)CC1=O. The smallest absolute Gasteiger partial charge is 0.228 e. The summed E-state index contributed by atoms with van der Waals surface area (Å²) in [5.74, 6) is 0.149. The number of benzene rings is 1. The molecule has 110 valence electrons. The van der Waals surface area contributed by atoms with E-state index in [2.05, 4.69) is 0 Å². The van der Waals surface area contributed by atoms with E-state index in [1.54, 1.807) is 18.2 Å². The number of halogens is 1. The first kappa shape index (κ1) is 15.1. The summed E-state index contributed by atoms with van der Waals surface area (Å²) in [6.45, 7) is 2.25. The molecule has 0 aliphatic carbocycles. The number of rotatable bonds is 4. The molecule has 2 N–H and O–H groups in total. The summed E-state index contributed by atoms with van der Waals surface area (Å²) in [6.07, 6.45) is -0.118. The van der Waals surface area contributed by atoms with Crippen LogP contribution in [0.3, 0.4) is 0 Å². The average Bonchev–Trinajstić information content (AvgIpc) is 2.72. The molecule has 1 atom stereocenters. The summed E-state index contributed by atoms with van der Waals surface area (Å²) in [6, 6.07) is 4.85. The molecular formula is C12H15ClN2O4S. The lowest BCUT2D eigenvalue weighted by Gasteiger charge is -2.20. The summed E-state index contributed by atoms with van der Waals surface area (Å²) in [4.78, 5) is 13.4. The Hall–Kier alpha value is -1.31. The summed E-state index contributed by atoms with van der Waals surface area (Å²) >= 11 is 5.90. The number of anilines is 1. The van der Waals surface area contributed by atoms with Crippen LogP contribution in [0.1, 0.15) is 13.3 Å². The van der Waals surface area contributed by atoms with Crippen LogP contribution in [0.5, 0.6) is 5.75 Å². The van der Waals surface area contributed by atoms with Crippen LogP contribution in [0, 0.1) is 0 Å². The maximum Gasteiger partial charge on any atom is 0.228 e. The van der Waals surface area contributed by atoms with Crippen molar-refractivity contribution in [2.24, 2.45) is 5.14 Å². The Balaban J connectivity index is 2.35. The second-order valence-corrected chi connectivity index (χ2v) is 6.75. The highest BCUT2D eigenvalue weighted by Crippen LogP contribution is 2.34. The van der Waals surface area contributed by atoms with Crippen LogP contribution in [-0.2, 0) is 14.8 Å². The fourth-order valence-electron chi connectivity index (χ4n) is 2.11. The summed E-state index contributed by atoms with van der Waals surface area (Å²) in [7, 11) is -3.74. The molecule has 8 heteroatoms. The highest BCUT2D eigenvalue weighted by molar-refractivity contribution is 7.89. The third-order valence-corrected chi connectivity index (χ3v) is 4.55. The number of hydrogen-bond acceptors (Lipinski definition) is 4. The minimum atomic E-state index is -3.74. The molecule has 6 nitrogen and oxygen atoms in total. The lowest BCUT2D eigenvalue weighted by molar-refractivity contribution is -0.117. The van der Waals surface area contributed by atoms with Crippen LogP contribution in [0.25, 0.3) is 0 Å². The molecule has 0 saturated carbocycles. The quantitative estimate of drug-likeness (QED) is 0.901. The van der Waals surface area contributed by atoms with Crippen molar-refractivity contribution in [1.82, 2.24) is 0 Å². The van der Waals surface area contributed by atoms with Gasteiger partial charge in [-0.2, -0.15) is 0 Å². The lowest BCUT2D eigenvalue weighted by atomic mass is 10.2. The van der Waals surface area contributed by atoms with E-state index in [0.717, 1.165) is 0 Å². The van der Waals surface area contributed by atoms with Crippen LogP contribution in [-0.4, -0.2) is 32.7 Å². The number of ether oxygens (including phenoxy) is 1. The Morgan fingerprint density at radius 1 is 1.50 bits per heavy atom. The predicted octanol–water partition coefficient (Wildman–Crippen LogP) is 1.13. The normalized spacial score (nSPS) is 19.4. The first-order chi connectivity index (χ1) is 9.32. The van der Waals surface area contributed by atoms with Gasteiger partial charge in [0.25, 0.3) is 0 Å². The van der Waals surface area contributed by atoms with Crippen molar-refractivity contribution in [2.45, 2.75) is 18.6 Å². The number of amides is 1. The maximum atomic E-state index is 12.0. The third-order valence-electron chi connectivity index (χ3n) is 3.07. The Kier molecular flexibility index (Phi) is 4.22. The van der Waals surface area contributed by atoms with Crippen molar-refractivity contribution in [2.75, 3.05) is 18.1 Å². The van der Waals surface area contributed by atoms with Gasteiger partial charge in [0.1, 0.15) is 11.0 Å². The standard InChI is InChI=1S/C12H15ClN2O4S/c1-2-19-11-5-8(13)3-4-10(11)15-7-9(6-12(15)16)20(14,17)18/h3-5,9H,2,6-7H2,1H3,(H2,14,17,18). The van der Waals surface area contributed by atoms with Crippen LogP contribution < -0.4 is 14.8 Å². The second-order valence-electron chi connectivity index (χ2n) is 4.46.